The standard InChI is InChI=1S/C23H34ClNO/c1-4-5-6-18-7-10-20(11-8-18)23(26)25-17(3)14-21-15-19(13-16(2)24)9-12-22(21)25/h9,12,15-18,20H,4-8,10-11,13-14H2,1-3H3. The van der Waals surface area contributed by atoms with Crippen LogP contribution in [0.4, 0.5) is 5.69 Å². The smallest absolute Gasteiger partial charge is 0.230 e. The molecule has 0 aromatic heterocycles. The molecule has 0 N–H and O–H groups in total. The first-order valence-electron chi connectivity index (χ1n) is 10.6. The van der Waals surface area contributed by atoms with E-state index in [-0.39, 0.29) is 17.3 Å². The summed E-state index contributed by atoms with van der Waals surface area (Å²) in [6.07, 6.45) is 10.4. The predicted molar refractivity (Wildman–Crippen MR) is 111 cm³/mol. The quantitative estimate of drug-likeness (QED) is 0.547. The minimum Gasteiger partial charge on any atom is -0.309 e. The Hall–Kier alpha value is -1.02. The fraction of sp³-hybridized carbons (Fsp3) is 0.696. The molecule has 144 valence electrons. The van der Waals surface area contributed by atoms with E-state index in [1.807, 2.05) is 6.92 Å². The SMILES string of the molecule is CCCCC1CCC(C(=O)N2c3ccc(CC(C)Cl)cc3CC2C)CC1. The third-order valence-corrected chi connectivity index (χ3v) is 6.43. The third kappa shape index (κ3) is 4.44. The average Bonchev–Trinajstić information content (AvgIpc) is 2.94. The van der Waals surface area contributed by atoms with Gasteiger partial charge in [0.15, 0.2) is 0 Å². The molecule has 1 fully saturated rings. The molecule has 0 saturated heterocycles. The first-order chi connectivity index (χ1) is 12.5. The number of carbonyl (C=O) groups is 1. The summed E-state index contributed by atoms with van der Waals surface area (Å²) in [4.78, 5) is 15.4. The lowest BCUT2D eigenvalue weighted by molar-refractivity contribution is -0.123. The molecule has 0 radical (unpaired) electrons. The van der Waals surface area contributed by atoms with Gasteiger partial charge < -0.3 is 4.90 Å². The zero-order valence-electron chi connectivity index (χ0n) is 16.6. The van der Waals surface area contributed by atoms with E-state index < -0.39 is 0 Å². The molecule has 1 aromatic carbocycles. The molecular formula is C23H34ClNO. The molecule has 1 aliphatic carbocycles. The fourth-order valence-corrected chi connectivity index (χ4v) is 5.04. The van der Waals surface area contributed by atoms with Gasteiger partial charge in [-0.25, -0.2) is 0 Å². The van der Waals surface area contributed by atoms with E-state index >= 15 is 0 Å². The minimum atomic E-state index is 0.146. The molecule has 2 aliphatic rings. The highest BCUT2D eigenvalue weighted by atomic mass is 35.5. The summed E-state index contributed by atoms with van der Waals surface area (Å²) in [7, 11) is 0. The topological polar surface area (TPSA) is 20.3 Å². The largest absolute Gasteiger partial charge is 0.309 e. The van der Waals surface area contributed by atoms with E-state index in [1.54, 1.807) is 0 Å². The maximum absolute atomic E-state index is 13.3. The number of nitrogens with zero attached hydrogens (tertiary/aromatic N) is 1. The van der Waals surface area contributed by atoms with Crippen molar-refractivity contribution in [3.63, 3.8) is 0 Å². The van der Waals surface area contributed by atoms with Crippen LogP contribution in [0, 0.1) is 11.8 Å². The second-order valence-corrected chi connectivity index (χ2v) is 9.31. The number of rotatable bonds is 6. The highest BCUT2D eigenvalue weighted by Gasteiger charge is 2.36. The van der Waals surface area contributed by atoms with Gasteiger partial charge in [0, 0.05) is 23.0 Å². The van der Waals surface area contributed by atoms with Crippen LogP contribution in [0.15, 0.2) is 18.2 Å². The first-order valence-corrected chi connectivity index (χ1v) is 11.0. The van der Waals surface area contributed by atoms with Crippen molar-refractivity contribution in [2.24, 2.45) is 11.8 Å². The van der Waals surface area contributed by atoms with Crippen molar-refractivity contribution < 1.29 is 4.79 Å². The number of fused-ring (bicyclic) bond motifs is 1. The van der Waals surface area contributed by atoms with Crippen LogP contribution in [0.1, 0.15) is 76.8 Å². The van der Waals surface area contributed by atoms with Gasteiger partial charge in [0.05, 0.1) is 0 Å². The monoisotopic (exact) mass is 375 g/mol. The molecule has 1 aromatic rings. The van der Waals surface area contributed by atoms with Gasteiger partial charge in [-0.3, -0.25) is 4.79 Å². The lowest BCUT2D eigenvalue weighted by Crippen LogP contribution is -2.41. The summed E-state index contributed by atoms with van der Waals surface area (Å²) in [5, 5.41) is 0.146. The molecule has 0 bridgehead atoms. The van der Waals surface area contributed by atoms with Crippen molar-refractivity contribution in [3.8, 4) is 0 Å². The van der Waals surface area contributed by atoms with Gasteiger partial charge in [-0.15, -0.1) is 11.6 Å². The van der Waals surface area contributed by atoms with Crippen molar-refractivity contribution >= 4 is 23.2 Å². The van der Waals surface area contributed by atoms with E-state index in [9.17, 15) is 4.79 Å². The van der Waals surface area contributed by atoms with Gasteiger partial charge in [-0.05, 0) is 75.5 Å². The molecule has 2 nitrogen and oxygen atoms in total. The Bertz CT molecular complexity index is 619. The summed E-state index contributed by atoms with van der Waals surface area (Å²) < 4.78 is 0. The molecule has 1 amide bonds. The number of hydrogen-bond donors (Lipinski definition) is 0. The molecular weight excluding hydrogens is 342 g/mol. The van der Waals surface area contributed by atoms with Crippen molar-refractivity contribution in [1.82, 2.24) is 0 Å². The van der Waals surface area contributed by atoms with Crippen molar-refractivity contribution in [1.29, 1.82) is 0 Å². The van der Waals surface area contributed by atoms with E-state index in [2.05, 4.69) is 36.9 Å². The van der Waals surface area contributed by atoms with Gasteiger partial charge in [-0.1, -0.05) is 38.3 Å². The molecule has 1 aliphatic heterocycles. The second-order valence-electron chi connectivity index (χ2n) is 8.57. The van der Waals surface area contributed by atoms with E-state index in [0.717, 1.165) is 37.3 Å². The third-order valence-electron chi connectivity index (χ3n) is 6.28. The maximum atomic E-state index is 13.3. The summed E-state index contributed by atoms with van der Waals surface area (Å²) in [6, 6.07) is 6.84. The molecule has 26 heavy (non-hydrogen) atoms. The Morgan fingerprint density at radius 3 is 2.65 bits per heavy atom. The first kappa shape index (κ1) is 19.7. The minimum absolute atomic E-state index is 0.146. The molecule has 1 saturated carbocycles. The molecule has 2 unspecified atom stereocenters. The number of unbranched alkanes of at least 4 members (excludes halogenated alkanes) is 1. The van der Waals surface area contributed by atoms with E-state index in [1.165, 1.54) is 43.2 Å². The summed E-state index contributed by atoms with van der Waals surface area (Å²) in [5.74, 6) is 1.44. The van der Waals surface area contributed by atoms with Crippen molar-refractivity contribution in [2.45, 2.75) is 90.0 Å². The highest BCUT2D eigenvalue weighted by molar-refractivity contribution is 6.20. The average molecular weight is 376 g/mol. The van der Waals surface area contributed by atoms with Crippen LogP contribution >= 0.6 is 11.6 Å². The van der Waals surface area contributed by atoms with Gasteiger partial charge in [0.1, 0.15) is 0 Å². The van der Waals surface area contributed by atoms with Crippen LogP contribution in [0.2, 0.25) is 0 Å². The van der Waals surface area contributed by atoms with Crippen LogP contribution in [0.5, 0.6) is 0 Å². The van der Waals surface area contributed by atoms with Crippen molar-refractivity contribution in [3.05, 3.63) is 29.3 Å². The molecule has 3 rings (SSSR count). The van der Waals surface area contributed by atoms with E-state index in [4.69, 9.17) is 11.6 Å². The van der Waals surface area contributed by atoms with E-state index in [0.29, 0.717) is 5.91 Å². The van der Waals surface area contributed by atoms with Crippen LogP contribution in [0.3, 0.4) is 0 Å². The predicted octanol–water partition coefficient (Wildman–Crippen LogP) is 6.13. The number of alkyl halides is 1. The van der Waals surface area contributed by atoms with Crippen LogP contribution in [-0.4, -0.2) is 17.3 Å². The Kier molecular flexibility index (Phi) is 6.66. The number of carbonyl (C=O) groups excluding carboxylic acids is 1. The van der Waals surface area contributed by atoms with Gasteiger partial charge in [0.2, 0.25) is 5.91 Å². The molecule has 2 atom stereocenters. The lowest BCUT2D eigenvalue weighted by Gasteiger charge is -2.32. The van der Waals surface area contributed by atoms with Gasteiger partial charge >= 0.3 is 0 Å². The Morgan fingerprint density at radius 1 is 1.27 bits per heavy atom. The number of hydrogen-bond acceptors (Lipinski definition) is 1. The summed E-state index contributed by atoms with van der Waals surface area (Å²) in [6.45, 7) is 6.49. The van der Waals surface area contributed by atoms with Crippen LogP contribution in [0.25, 0.3) is 0 Å². The molecule has 0 spiro atoms. The maximum Gasteiger partial charge on any atom is 0.230 e. The highest BCUT2D eigenvalue weighted by Crippen LogP contribution is 2.38. The summed E-state index contributed by atoms with van der Waals surface area (Å²) in [5.41, 5.74) is 3.74. The Balaban J connectivity index is 1.66. The zero-order chi connectivity index (χ0) is 18.7. The number of benzene rings is 1. The second kappa shape index (κ2) is 8.78. The van der Waals surface area contributed by atoms with Crippen molar-refractivity contribution in [2.75, 3.05) is 4.90 Å². The zero-order valence-corrected chi connectivity index (χ0v) is 17.4. The molecule has 1 heterocycles. The fourth-order valence-electron chi connectivity index (χ4n) is 4.86. The number of anilines is 1. The normalized spacial score (nSPS) is 26.6. The summed E-state index contributed by atoms with van der Waals surface area (Å²) >= 11 is 6.15. The van der Waals surface area contributed by atoms with Crippen LogP contribution in [-0.2, 0) is 17.6 Å². The Morgan fingerprint density at radius 2 is 2.00 bits per heavy atom. The van der Waals surface area contributed by atoms with Crippen LogP contribution < -0.4 is 4.90 Å². The number of halogens is 1. The lowest BCUT2D eigenvalue weighted by atomic mass is 9.79. The van der Waals surface area contributed by atoms with Gasteiger partial charge in [-0.2, -0.15) is 0 Å². The number of amides is 1. The van der Waals surface area contributed by atoms with Gasteiger partial charge in [0.25, 0.3) is 0 Å². The Labute approximate surface area is 164 Å². The molecule has 3 heteroatoms.